The predicted molar refractivity (Wildman–Crippen MR) is 118 cm³/mol. The minimum atomic E-state index is -3.64. The van der Waals surface area contributed by atoms with Crippen LogP contribution in [0.4, 0.5) is 0 Å². The van der Waals surface area contributed by atoms with Crippen molar-refractivity contribution in [3.8, 4) is 0 Å². The van der Waals surface area contributed by atoms with Crippen LogP contribution in [0.2, 0.25) is 0 Å². The number of carbonyl (C=O) groups excluding carboxylic acids is 1. The van der Waals surface area contributed by atoms with Crippen molar-refractivity contribution in [2.45, 2.75) is 24.8 Å². The minimum absolute atomic E-state index is 0.0193. The van der Waals surface area contributed by atoms with Crippen LogP contribution in [-0.2, 0) is 14.8 Å². The molecule has 1 aromatic carbocycles. The number of Topliss-reactive ketones (excluding diaryl/α,β-unsaturated/α-hetero) is 1. The van der Waals surface area contributed by atoms with Crippen LogP contribution >= 0.6 is 0 Å². The summed E-state index contributed by atoms with van der Waals surface area (Å²) in [4.78, 5) is 15.1. The number of rotatable bonds is 11. The average Bonchev–Trinajstić information content (AvgIpc) is 3.34. The van der Waals surface area contributed by atoms with Crippen LogP contribution < -0.4 is 5.32 Å². The molecule has 0 radical (unpaired) electrons. The van der Waals surface area contributed by atoms with Gasteiger partial charge in [0.05, 0.1) is 37.0 Å². The SMILES string of the molecule is CCN(CC)C(CNCC(=O)c1cccc(S(=O)(=O)N2CCOCC2)c1)c1ccco1. The van der Waals surface area contributed by atoms with Crippen LogP contribution in [0, 0.1) is 0 Å². The molecule has 2 heterocycles. The number of nitrogens with zero attached hydrogens (tertiary/aromatic N) is 2. The van der Waals surface area contributed by atoms with Gasteiger partial charge < -0.3 is 14.5 Å². The molecular weight excluding hydrogens is 418 g/mol. The summed E-state index contributed by atoms with van der Waals surface area (Å²) in [7, 11) is -3.64. The van der Waals surface area contributed by atoms with E-state index in [2.05, 4.69) is 24.1 Å². The van der Waals surface area contributed by atoms with E-state index >= 15 is 0 Å². The van der Waals surface area contributed by atoms with E-state index in [1.807, 2.05) is 12.1 Å². The zero-order valence-corrected chi connectivity index (χ0v) is 18.9. The Hall–Kier alpha value is -2.04. The number of sulfonamides is 1. The number of hydrogen-bond donors (Lipinski definition) is 1. The Morgan fingerprint density at radius 2 is 1.90 bits per heavy atom. The molecule has 1 N–H and O–H groups in total. The number of ketones is 1. The van der Waals surface area contributed by atoms with Gasteiger partial charge in [-0.3, -0.25) is 9.69 Å². The van der Waals surface area contributed by atoms with E-state index in [9.17, 15) is 13.2 Å². The van der Waals surface area contributed by atoms with Crippen LogP contribution in [0.15, 0.2) is 52.0 Å². The Balaban J connectivity index is 1.65. The smallest absolute Gasteiger partial charge is 0.243 e. The van der Waals surface area contributed by atoms with E-state index in [0.29, 0.717) is 38.4 Å². The Bertz CT molecular complexity index is 936. The van der Waals surface area contributed by atoms with Gasteiger partial charge in [-0.15, -0.1) is 0 Å². The van der Waals surface area contributed by atoms with Crippen molar-refractivity contribution in [2.24, 2.45) is 0 Å². The second kappa shape index (κ2) is 11.0. The molecule has 1 saturated heterocycles. The van der Waals surface area contributed by atoms with E-state index in [1.165, 1.54) is 16.4 Å². The van der Waals surface area contributed by atoms with Gasteiger partial charge in [0.2, 0.25) is 10.0 Å². The molecule has 0 saturated carbocycles. The first-order valence-electron chi connectivity index (χ1n) is 10.7. The fourth-order valence-electron chi connectivity index (χ4n) is 3.75. The van der Waals surface area contributed by atoms with Crippen molar-refractivity contribution in [3.05, 3.63) is 54.0 Å². The molecule has 31 heavy (non-hydrogen) atoms. The average molecular weight is 450 g/mol. The Kier molecular flexibility index (Phi) is 8.39. The summed E-state index contributed by atoms with van der Waals surface area (Å²) in [6, 6.07) is 10.1. The number of nitrogens with one attached hydrogen (secondary N) is 1. The number of morpholine rings is 1. The lowest BCUT2D eigenvalue weighted by atomic mass is 10.1. The van der Waals surface area contributed by atoms with Gasteiger partial charge in [0.1, 0.15) is 5.76 Å². The lowest BCUT2D eigenvalue weighted by Gasteiger charge is -2.28. The van der Waals surface area contributed by atoms with Gasteiger partial charge in [0.15, 0.2) is 5.78 Å². The van der Waals surface area contributed by atoms with Crippen molar-refractivity contribution in [1.29, 1.82) is 0 Å². The highest BCUT2D eigenvalue weighted by Crippen LogP contribution is 2.21. The molecule has 2 aromatic rings. The molecule has 0 spiro atoms. The van der Waals surface area contributed by atoms with Crippen LogP contribution in [0.1, 0.15) is 36.0 Å². The third-order valence-electron chi connectivity index (χ3n) is 5.51. The normalized spacial score (nSPS) is 16.5. The monoisotopic (exact) mass is 449 g/mol. The van der Waals surface area contributed by atoms with Crippen LogP contribution in [0.3, 0.4) is 0 Å². The molecule has 1 fully saturated rings. The number of ether oxygens (including phenoxy) is 1. The van der Waals surface area contributed by atoms with Gasteiger partial charge in [-0.05, 0) is 37.4 Å². The van der Waals surface area contributed by atoms with E-state index in [4.69, 9.17) is 9.15 Å². The first-order valence-corrected chi connectivity index (χ1v) is 12.1. The van der Waals surface area contributed by atoms with E-state index < -0.39 is 10.0 Å². The lowest BCUT2D eigenvalue weighted by molar-refractivity contribution is 0.0730. The Morgan fingerprint density at radius 1 is 1.16 bits per heavy atom. The quantitative estimate of drug-likeness (QED) is 0.526. The molecule has 1 aliphatic rings. The van der Waals surface area contributed by atoms with Gasteiger partial charge in [-0.2, -0.15) is 4.31 Å². The predicted octanol–water partition coefficient (Wildman–Crippen LogP) is 2.16. The Labute approximate surface area is 184 Å². The highest BCUT2D eigenvalue weighted by atomic mass is 32.2. The van der Waals surface area contributed by atoms with E-state index in [0.717, 1.165) is 18.8 Å². The maximum atomic E-state index is 12.9. The second-order valence-electron chi connectivity index (χ2n) is 7.35. The number of furan rings is 1. The van der Waals surface area contributed by atoms with E-state index in [-0.39, 0.29) is 23.3 Å². The number of likely N-dealkylation sites (N-methyl/N-ethyl adjacent to an activating group) is 1. The van der Waals surface area contributed by atoms with Crippen LogP contribution in [-0.4, -0.2) is 75.9 Å². The van der Waals surface area contributed by atoms with Gasteiger partial charge in [0.25, 0.3) is 0 Å². The summed E-state index contributed by atoms with van der Waals surface area (Å²) in [6.07, 6.45) is 1.65. The summed E-state index contributed by atoms with van der Waals surface area (Å²) < 4.78 is 38.0. The molecule has 0 amide bonds. The Morgan fingerprint density at radius 3 is 2.55 bits per heavy atom. The fourth-order valence-corrected chi connectivity index (χ4v) is 5.20. The van der Waals surface area contributed by atoms with Crippen LogP contribution in [0.25, 0.3) is 0 Å². The molecular formula is C22H31N3O5S. The zero-order chi connectivity index (χ0) is 22.3. The fraction of sp³-hybridized carbons (Fsp3) is 0.500. The zero-order valence-electron chi connectivity index (χ0n) is 18.1. The molecule has 0 aliphatic carbocycles. The molecule has 3 rings (SSSR count). The summed E-state index contributed by atoms with van der Waals surface area (Å²) in [5.74, 6) is 0.694. The summed E-state index contributed by atoms with van der Waals surface area (Å²) in [5, 5.41) is 3.22. The summed E-state index contributed by atoms with van der Waals surface area (Å²) in [5.41, 5.74) is 0.374. The minimum Gasteiger partial charge on any atom is -0.468 e. The number of carbonyl (C=O) groups is 1. The maximum absolute atomic E-state index is 12.9. The number of hydrogen-bond acceptors (Lipinski definition) is 7. The molecule has 1 aliphatic heterocycles. The van der Waals surface area contributed by atoms with Gasteiger partial charge in [0, 0.05) is 25.2 Å². The van der Waals surface area contributed by atoms with Crippen molar-refractivity contribution < 1.29 is 22.4 Å². The molecule has 1 atom stereocenters. The third-order valence-corrected chi connectivity index (χ3v) is 7.41. The second-order valence-corrected chi connectivity index (χ2v) is 9.29. The number of benzene rings is 1. The highest BCUT2D eigenvalue weighted by Gasteiger charge is 2.27. The molecule has 8 nitrogen and oxygen atoms in total. The molecule has 170 valence electrons. The summed E-state index contributed by atoms with van der Waals surface area (Å²) >= 11 is 0. The van der Waals surface area contributed by atoms with Crippen molar-refractivity contribution in [2.75, 3.05) is 52.5 Å². The molecule has 0 bridgehead atoms. The van der Waals surface area contributed by atoms with Gasteiger partial charge in [-0.25, -0.2) is 8.42 Å². The van der Waals surface area contributed by atoms with Gasteiger partial charge in [-0.1, -0.05) is 26.0 Å². The van der Waals surface area contributed by atoms with Crippen molar-refractivity contribution in [3.63, 3.8) is 0 Å². The standard InChI is InChI=1S/C22H31N3O5S/c1-3-24(4-2)20(22-9-6-12-30-22)16-23-17-21(26)18-7-5-8-19(15-18)31(27,28)25-10-13-29-14-11-25/h5-9,12,15,20,23H,3-4,10-11,13-14,16-17H2,1-2H3. The maximum Gasteiger partial charge on any atom is 0.243 e. The lowest BCUT2D eigenvalue weighted by Crippen LogP contribution is -2.40. The van der Waals surface area contributed by atoms with E-state index in [1.54, 1.807) is 18.4 Å². The first kappa shape index (κ1) is 23.6. The first-order chi connectivity index (χ1) is 15.0. The largest absolute Gasteiger partial charge is 0.468 e. The topological polar surface area (TPSA) is 92.1 Å². The van der Waals surface area contributed by atoms with Crippen molar-refractivity contribution >= 4 is 15.8 Å². The molecule has 1 aromatic heterocycles. The van der Waals surface area contributed by atoms with Crippen LogP contribution in [0.5, 0.6) is 0 Å². The highest BCUT2D eigenvalue weighted by molar-refractivity contribution is 7.89. The molecule has 1 unspecified atom stereocenters. The third kappa shape index (κ3) is 5.81. The van der Waals surface area contributed by atoms with Crippen molar-refractivity contribution in [1.82, 2.24) is 14.5 Å². The summed E-state index contributed by atoms with van der Waals surface area (Å²) in [6.45, 7) is 7.96. The van der Waals surface area contributed by atoms with Gasteiger partial charge >= 0.3 is 0 Å². The molecule has 9 heteroatoms.